The highest BCUT2D eigenvalue weighted by Crippen LogP contribution is 2.35. The lowest BCUT2D eigenvalue weighted by Crippen LogP contribution is -2.13. The van der Waals surface area contributed by atoms with Crippen LogP contribution < -0.4 is 4.74 Å². The summed E-state index contributed by atoms with van der Waals surface area (Å²) < 4.78 is 6.91. The molecule has 1 heterocycles. The zero-order valence-electron chi connectivity index (χ0n) is 12.3. The fourth-order valence-corrected chi connectivity index (χ4v) is 2.36. The van der Waals surface area contributed by atoms with E-state index in [-0.39, 0.29) is 5.41 Å². The summed E-state index contributed by atoms with van der Waals surface area (Å²) in [5.41, 5.74) is 2.55. The van der Waals surface area contributed by atoms with Gasteiger partial charge < -0.3 is 4.74 Å². The topological polar surface area (TPSA) is 35.0 Å². The number of ether oxygens (including phenoxy) is 1. The van der Waals surface area contributed by atoms with Crippen LogP contribution >= 0.6 is 22.6 Å². The van der Waals surface area contributed by atoms with E-state index in [1.165, 1.54) is 17.5 Å². The van der Waals surface area contributed by atoms with Crippen molar-refractivity contribution in [2.45, 2.75) is 39.5 Å². The third-order valence-electron chi connectivity index (χ3n) is 3.10. The molecule has 2 aromatic rings. The summed E-state index contributed by atoms with van der Waals surface area (Å²) >= 11 is 2.18. The van der Waals surface area contributed by atoms with E-state index in [0.29, 0.717) is 5.88 Å². The molecule has 1 aromatic heterocycles. The lowest BCUT2D eigenvalue weighted by atomic mass is 9.85. The molecule has 0 atom stereocenters. The van der Waals surface area contributed by atoms with Crippen molar-refractivity contribution in [1.29, 1.82) is 0 Å². The van der Waals surface area contributed by atoms with Crippen LogP contribution in [0, 0.1) is 3.57 Å². The van der Waals surface area contributed by atoms with Crippen LogP contribution in [0.15, 0.2) is 30.7 Å². The first-order valence-corrected chi connectivity index (χ1v) is 7.76. The molecule has 0 fully saturated rings. The van der Waals surface area contributed by atoms with Crippen LogP contribution in [-0.4, -0.2) is 9.97 Å². The van der Waals surface area contributed by atoms with Crippen LogP contribution in [0.3, 0.4) is 0 Å². The summed E-state index contributed by atoms with van der Waals surface area (Å²) in [6.07, 6.45) is 4.28. The van der Waals surface area contributed by atoms with E-state index < -0.39 is 0 Å². The van der Waals surface area contributed by atoms with Gasteiger partial charge in [-0.1, -0.05) is 39.8 Å². The summed E-state index contributed by atoms with van der Waals surface area (Å²) in [5, 5.41) is 0. The van der Waals surface area contributed by atoms with Gasteiger partial charge in [0.25, 0.3) is 0 Å². The van der Waals surface area contributed by atoms with Gasteiger partial charge in [0.05, 0.1) is 3.57 Å². The van der Waals surface area contributed by atoms with Crippen LogP contribution in [0.4, 0.5) is 0 Å². The monoisotopic (exact) mass is 382 g/mol. The third-order valence-corrected chi connectivity index (χ3v) is 3.84. The quantitative estimate of drug-likeness (QED) is 0.720. The molecular weight excluding hydrogens is 363 g/mol. The van der Waals surface area contributed by atoms with Crippen LogP contribution in [-0.2, 0) is 11.8 Å². The smallest absolute Gasteiger partial charge is 0.235 e. The SMILES string of the molecule is CCc1ccc(Oc2ncncc2I)c(C(C)(C)C)c1. The number of benzene rings is 1. The van der Waals surface area contributed by atoms with Gasteiger partial charge in [-0.05, 0) is 46.1 Å². The zero-order chi connectivity index (χ0) is 14.8. The molecule has 0 N–H and O–H groups in total. The second kappa shape index (κ2) is 6.08. The molecule has 0 saturated carbocycles. The molecule has 4 heteroatoms. The average Bonchev–Trinajstić information content (AvgIpc) is 2.40. The summed E-state index contributed by atoms with van der Waals surface area (Å²) in [5.74, 6) is 1.47. The van der Waals surface area contributed by atoms with E-state index in [1.54, 1.807) is 6.20 Å². The number of hydrogen-bond acceptors (Lipinski definition) is 3. The maximum Gasteiger partial charge on any atom is 0.235 e. The fraction of sp³-hybridized carbons (Fsp3) is 0.375. The molecule has 0 radical (unpaired) electrons. The Labute approximate surface area is 133 Å². The van der Waals surface area contributed by atoms with Gasteiger partial charge in [0.1, 0.15) is 12.1 Å². The van der Waals surface area contributed by atoms with Crippen LogP contribution in [0.25, 0.3) is 0 Å². The molecule has 2 rings (SSSR count). The van der Waals surface area contributed by atoms with Crippen molar-refractivity contribution < 1.29 is 4.74 Å². The highest BCUT2D eigenvalue weighted by atomic mass is 127. The molecule has 0 saturated heterocycles. The minimum absolute atomic E-state index is 0.0268. The van der Waals surface area contributed by atoms with Crippen LogP contribution in [0.2, 0.25) is 0 Å². The maximum atomic E-state index is 6.01. The highest BCUT2D eigenvalue weighted by Gasteiger charge is 2.20. The maximum absolute atomic E-state index is 6.01. The van der Waals surface area contributed by atoms with Gasteiger partial charge in [-0.25, -0.2) is 9.97 Å². The predicted molar refractivity (Wildman–Crippen MR) is 89.3 cm³/mol. The predicted octanol–water partition coefficient (Wildman–Crippen LogP) is 4.73. The lowest BCUT2D eigenvalue weighted by molar-refractivity contribution is 0.435. The Morgan fingerprint density at radius 2 is 2.00 bits per heavy atom. The second-order valence-corrected chi connectivity index (χ2v) is 6.87. The first kappa shape index (κ1) is 15.2. The third kappa shape index (κ3) is 3.48. The number of aromatic nitrogens is 2. The van der Waals surface area contributed by atoms with E-state index in [1.807, 2.05) is 6.07 Å². The van der Waals surface area contributed by atoms with Gasteiger partial charge in [-0.15, -0.1) is 0 Å². The van der Waals surface area contributed by atoms with E-state index in [9.17, 15) is 0 Å². The van der Waals surface area contributed by atoms with Crippen LogP contribution in [0.5, 0.6) is 11.6 Å². The van der Waals surface area contributed by atoms with Crippen molar-refractivity contribution in [1.82, 2.24) is 9.97 Å². The van der Waals surface area contributed by atoms with Gasteiger partial charge in [0.15, 0.2) is 0 Å². The molecule has 20 heavy (non-hydrogen) atoms. The number of aryl methyl sites for hydroxylation is 1. The van der Waals surface area contributed by atoms with Gasteiger partial charge in [-0.2, -0.15) is 0 Å². The van der Waals surface area contributed by atoms with Crippen molar-refractivity contribution in [3.05, 3.63) is 45.4 Å². The van der Waals surface area contributed by atoms with Crippen molar-refractivity contribution in [2.24, 2.45) is 0 Å². The van der Waals surface area contributed by atoms with Crippen molar-refractivity contribution >= 4 is 22.6 Å². The van der Waals surface area contributed by atoms with E-state index in [4.69, 9.17) is 4.74 Å². The second-order valence-electron chi connectivity index (χ2n) is 5.71. The summed E-state index contributed by atoms with van der Waals surface area (Å²) in [6.45, 7) is 8.74. The summed E-state index contributed by atoms with van der Waals surface area (Å²) in [7, 11) is 0. The Morgan fingerprint density at radius 1 is 1.25 bits per heavy atom. The number of halogens is 1. The number of rotatable bonds is 3. The molecule has 106 valence electrons. The largest absolute Gasteiger partial charge is 0.438 e. The van der Waals surface area contributed by atoms with Crippen molar-refractivity contribution in [3.63, 3.8) is 0 Å². The minimum Gasteiger partial charge on any atom is -0.438 e. The molecule has 1 aromatic carbocycles. The fourth-order valence-electron chi connectivity index (χ4n) is 1.95. The first-order chi connectivity index (χ1) is 9.41. The average molecular weight is 382 g/mol. The lowest BCUT2D eigenvalue weighted by Gasteiger charge is -2.23. The molecule has 0 aliphatic rings. The van der Waals surface area contributed by atoms with E-state index >= 15 is 0 Å². The Hall–Kier alpha value is -1.17. The van der Waals surface area contributed by atoms with Gasteiger partial charge in [-0.3, -0.25) is 0 Å². The number of hydrogen-bond donors (Lipinski definition) is 0. The molecule has 3 nitrogen and oxygen atoms in total. The zero-order valence-corrected chi connectivity index (χ0v) is 14.4. The Morgan fingerprint density at radius 3 is 2.60 bits per heavy atom. The molecule has 0 bridgehead atoms. The molecular formula is C16H19IN2O. The minimum atomic E-state index is 0.0268. The Balaban J connectivity index is 2.44. The summed E-state index contributed by atoms with van der Waals surface area (Å²) in [6, 6.07) is 6.37. The van der Waals surface area contributed by atoms with E-state index in [0.717, 1.165) is 15.7 Å². The summed E-state index contributed by atoms with van der Waals surface area (Å²) in [4.78, 5) is 8.18. The van der Waals surface area contributed by atoms with Crippen molar-refractivity contribution in [2.75, 3.05) is 0 Å². The Kier molecular flexibility index (Phi) is 4.62. The normalized spacial score (nSPS) is 11.4. The van der Waals surface area contributed by atoms with Gasteiger partial charge in [0, 0.05) is 11.8 Å². The molecule has 0 unspecified atom stereocenters. The molecule has 0 aliphatic carbocycles. The molecule has 0 amide bonds. The highest BCUT2D eigenvalue weighted by molar-refractivity contribution is 14.1. The molecule has 0 spiro atoms. The number of nitrogens with zero attached hydrogens (tertiary/aromatic N) is 2. The van der Waals surface area contributed by atoms with Crippen molar-refractivity contribution in [3.8, 4) is 11.6 Å². The standard InChI is InChI=1S/C16H19IN2O/c1-5-11-6-7-14(12(8-11)16(2,3)4)20-15-13(17)9-18-10-19-15/h6-10H,5H2,1-4H3. The Bertz CT molecular complexity index is 606. The molecule has 0 aliphatic heterocycles. The van der Waals surface area contributed by atoms with Gasteiger partial charge >= 0.3 is 0 Å². The van der Waals surface area contributed by atoms with Gasteiger partial charge in [0.2, 0.25) is 5.88 Å². The van der Waals surface area contributed by atoms with Crippen LogP contribution in [0.1, 0.15) is 38.8 Å². The van der Waals surface area contributed by atoms with E-state index in [2.05, 4.69) is 72.4 Å². The first-order valence-electron chi connectivity index (χ1n) is 6.68.